The monoisotopic (exact) mass is 309 g/mol. The van der Waals surface area contributed by atoms with Crippen molar-refractivity contribution in [3.05, 3.63) is 39.9 Å². The number of rotatable bonds is 1. The Hall–Kier alpha value is -0.500. The van der Waals surface area contributed by atoms with Gasteiger partial charge in [0.2, 0.25) is 0 Å². The first-order valence-electron chi connectivity index (χ1n) is 7.41. The van der Waals surface area contributed by atoms with Crippen molar-refractivity contribution in [2.75, 3.05) is 20.1 Å². The molecule has 0 unspecified atom stereocenters. The minimum Gasteiger partial charge on any atom is -0.306 e. The van der Waals surface area contributed by atoms with Crippen LogP contribution >= 0.6 is 23.2 Å². The SMILES string of the molecule is CN1CCC2(CC=C(c3ccc(Cl)c(Cl)c3)CC2)CC1. The van der Waals surface area contributed by atoms with E-state index in [1.165, 1.54) is 56.3 Å². The summed E-state index contributed by atoms with van der Waals surface area (Å²) in [5.74, 6) is 0. The van der Waals surface area contributed by atoms with Gasteiger partial charge in [-0.2, -0.15) is 0 Å². The molecule has 1 nitrogen and oxygen atoms in total. The van der Waals surface area contributed by atoms with E-state index < -0.39 is 0 Å². The molecule has 108 valence electrons. The van der Waals surface area contributed by atoms with Gasteiger partial charge in [0, 0.05) is 0 Å². The third kappa shape index (κ3) is 2.90. The molecule has 0 amide bonds. The summed E-state index contributed by atoms with van der Waals surface area (Å²) in [5, 5.41) is 1.29. The Morgan fingerprint density at radius 3 is 2.40 bits per heavy atom. The number of likely N-dealkylation sites (tertiary alicyclic amines) is 1. The summed E-state index contributed by atoms with van der Waals surface area (Å²) in [6, 6.07) is 6.00. The summed E-state index contributed by atoms with van der Waals surface area (Å²) < 4.78 is 0. The predicted molar refractivity (Wildman–Crippen MR) is 87.5 cm³/mol. The van der Waals surface area contributed by atoms with Gasteiger partial charge in [-0.3, -0.25) is 0 Å². The Morgan fingerprint density at radius 2 is 1.80 bits per heavy atom. The topological polar surface area (TPSA) is 3.24 Å². The van der Waals surface area contributed by atoms with Gasteiger partial charge < -0.3 is 4.90 Å². The van der Waals surface area contributed by atoms with E-state index in [1.807, 2.05) is 12.1 Å². The molecule has 0 atom stereocenters. The molecular formula is C17H21Cl2N. The molecule has 1 saturated heterocycles. The van der Waals surface area contributed by atoms with E-state index in [2.05, 4.69) is 24.1 Å². The van der Waals surface area contributed by atoms with Gasteiger partial charge >= 0.3 is 0 Å². The van der Waals surface area contributed by atoms with Gasteiger partial charge in [0.25, 0.3) is 0 Å². The van der Waals surface area contributed by atoms with Gasteiger partial charge in [-0.05, 0) is 80.9 Å². The van der Waals surface area contributed by atoms with E-state index in [0.29, 0.717) is 15.5 Å². The molecule has 1 heterocycles. The molecule has 0 aromatic heterocycles. The number of benzene rings is 1. The normalized spacial score (nSPS) is 22.9. The molecule has 3 heteroatoms. The van der Waals surface area contributed by atoms with Crippen LogP contribution in [-0.4, -0.2) is 25.0 Å². The van der Waals surface area contributed by atoms with Crippen molar-refractivity contribution in [1.82, 2.24) is 4.90 Å². The average Bonchev–Trinajstić information content (AvgIpc) is 2.46. The molecule has 0 N–H and O–H groups in total. The van der Waals surface area contributed by atoms with E-state index in [4.69, 9.17) is 23.2 Å². The van der Waals surface area contributed by atoms with Gasteiger partial charge in [0.05, 0.1) is 10.0 Å². The van der Waals surface area contributed by atoms with E-state index in [9.17, 15) is 0 Å². The summed E-state index contributed by atoms with van der Waals surface area (Å²) in [7, 11) is 2.23. The van der Waals surface area contributed by atoms with Crippen LogP contribution in [0.2, 0.25) is 10.0 Å². The van der Waals surface area contributed by atoms with Crippen LogP contribution in [0.1, 0.15) is 37.7 Å². The van der Waals surface area contributed by atoms with Crippen LogP contribution in [0.3, 0.4) is 0 Å². The number of halogens is 2. The lowest BCUT2D eigenvalue weighted by molar-refractivity contribution is 0.113. The van der Waals surface area contributed by atoms with Crippen LogP contribution in [-0.2, 0) is 0 Å². The second-order valence-electron chi connectivity index (χ2n) is 6.37. The maximum Gasteiger partial charge on any atom is 0.0598 e. The summed E-state index contributed by atoms with van der Waals surface area (Å²) in [6.45, 7) is 2.49. The Bertz CT molecular complexity index is 528. The molecule has 0 radical (unpaired) electrons. The standard InChI is InChI=1S/C17H21Cl2N/c1-20-10-8-17(9-11-20)6-4-13(5-7-17)14-2-3-15(18)16(19)12-14/h2-4,12H,5-11H2,1H3. The van der Waals surface area contributed by atoms with Gasteiger partial charge in [-0.25, -0.2) is 0 Å². The van der Waals surface area contributed by atoms with Crippen molar-refractivity contribution in [2.45, 2.75) is 32.1 Å². The molecule has 0 saturated carbocycles. The minimum absolute atomic E-state index is 0.562. The highest BCUT2D eigenvalue weighted by Gasteiger charge is 2.34. The van der Waals surface area contributed by atoms with Crippen LogP contribution in [0, 0.1) is 5.41 Å². The van der Waals surface area contributed by atoms with Crippen LogP contribution in [0.5, 0.6) is 0 Å². The average molecular weight is 310 g/mol. The Balaban J connectivity index is 1.75. The zero-order valence-electron chi connectivity index (χ0n) is 12.0. The number of allylic oxidation sites excluding steroid dienone is 2. The first kappa shape index (κ1) is 14.4. The molecular weight excluding hydrogens is 289 g/mol. The van der Waals surface area contributed by atoms with Crippen LogP contribution in [0.25, 0.3) is 5.57 Å². The number of hydrogen-bond donors (Lipinski definition) is 0. The fraction of sp³-hybridized carbons (Fsp3) is 0.529. The van der Waals surface area contributed by atoms with E-state index in [0.717, 1.165) is 0 Å². The third-order valence-electron chi connectivity index (χ3n) is 5.04. The highest BCUT2D eigenvalue weighted by atomic mass is 35.5. The highest BCUT2D eigenvalue weighted by Crippen LogP contribution is 2.45. The smallest absolute Gasteiger partial charge is 0.0598 e. The van der Waals surface area contributed by atoms with Crippen molar-refractivity contribution in [1.29, 1.82) is 0 Å². The zero-order chi connectivity index (χ0) is 14.2. The number of piperidine rings is 1. The molecule has 1 spiro atoms. The van der Waals surface area contributed by atoms with Gasteiger partial charge in [-0.1, -0.05) is 35.3 Å². The molecule has 0 bridgehead atoms. The number of nitrogens with zero attached hydrogens (tertiary/aromatic N) is 1. The van der Waals surface area contributed by atoms with E-state index in [1.54, 1.807) is 0 Å². The molecule has 1 aliphatic carbocycles. The molecule has 1 aromatic rings. The fourth-order valence-corrected chi connectivity index (χ4v) is 3.75. The molecule has 1 fully saturated rings. The van der Waals surface area contributed by atoms with Crippen molar-refractivity contribution >= 4 is 28.8 Å². The maximum atomic E-state index is 6.13. The summed E-state index contributed by atoms with van der Waals surface area (Å²) in [5.41, 5.74) is 3.24. The summed E-state index contributed by atoms with van der Waals surface area (Å²) in [6.07, 6.45) is 8.82. The maximum absolute atomic E-state index is 6.13. The first-order valence-corrected chi connectivity index (χ1v) is 8.17. The second-order valence-corrected chi connectivity index (χ2v) is 7.18. The summed E-state index contributed by atoms with van der Waals surface area (Å²) in [4.78, 5) is 2.45. The van der Waals surface area contributed by atoms with Gasteiger partial charge in [-0.15, -0.1) is 0 Å². The minimum atomic E-state index is 0.562. The van der Waals surface area contributed by atoms with Crippen molar-refractivity contribution in [3.8, 4) is 0 Å². The van der Waals surface area contributed by atoms with Gasteiger partial charge in [0.1, 0.15) is 0 Å². The van der Waals surface area contributed by atoms with Crippen molar-refractivity contribution < 1.29 is 0 Å². The zero-order valence-corrected chi connectivity index (χ0v) is 13.5. The quantitative estimate of drug-likeness (QED) is 0.683. The molecule has 1 aromatic carbocycles. The second kappa shape index (κ2) is 5.71. The van der Waals surface area contributed by atoms with E-state index >= 15 is 0 Å². The Morgan fingerprint density at radius 1 is 1.05 bits per heavy atom. The van der Waals surface area contributed by atoms with Gasteiger partial charge in [0.15, 0.2) is 0 Å². The van der Waals surface area contributed by atoms with Crippen molar-refractivity contribution in [3.63, 3.8) is 0 Å². The van der Waals surface area contributed by atoms with Crippen LogP contribution < -0.4 is 0 Å². The summed E-state index contributed by atoms with van der Waals surface area (Å²) >= 11 is 12.1. The molecule has 20 heavy (non-hydrogen) atoms. The largest absolute Gasteiger partial charge is 0.306 e. The highest BCUT2D eigenvalue weighted by molar-refractivity contribution is 6.42. The fourth-order valence-electron chi connectivity index (χ4n) is 3.45. The molecule has 2 aliphatic rings. The molecule has 1 aliphatic heterocycles. The Labute approximate surface area is 131 Å². The lowest BCUT2D eigenvalue weighted by Gasteiger charge is -2.42. The Kier molecular flexibility index (Phi) is 4.12. The third-order valence-corrected chi connectivity index (χ3v) is 5.78. The van der Waals surface area contributed by atoms with E-state index in [-0.39, 0.29) is 0 Å². The van der Waals surface area contributed by atoms with Crippen LogP contribution in [0.15, 0.2) is 24.3 Å². The number of hydrogen-bond acceptors (Lipinski definition) is 1. The first-order chi connectivity index (χ1) is 9.58. The van der Waals surface area contributed by atoms with Crippen LogP contribution in [0.4, 0.5) is 0 Å². The molecule has 3 rings (SSSR count). The lowest BCUT2D eigenvalue weighted by Crippen LogP contribution is -2.38. The lowest BCUT2D eigenvalue weighted by atomic mass is 9.68. The van der Waals surface area contributed by atoms with Crippen molar-refractivity contribution in [2.24, 2.45) is 5.41 Å². The predicted octanol–water partition coefficient (Wildman–Crippen LogP) is 5.27.